The Morgan fingerprint density at radius 3 is 2.57 bits per heavy atom. The molecule has 7 heteroatoms. The van der Waals surface area contributed by atoms with Gasteiger partial charge in [-0.2, -0.15) is 0 Å². The highest BCUT2D eigenvalue weighted by Gasteiger charge is 2.26. The van der Waals surface area contributed by atoms with E-state index in [4.69, 9.17) is 27.9 Å². The summed E-state index contributed by atoms with van der Waals surface area (Å²) in [6, 6.07) is 1.60. The van der Waals surface area contributed by atoms with Gasteiger partial charge in [0, 0.05) is 19.0 Å². The van der Waals surface area contributed by atoms with Gasteiger partial charge in [0.25, 0.3) is 0 Å². The van der Waals surface area contributed by atoms with Gasteiger partial charge in [-0.3, -0.25) is 0 Å². The van der Waals surface area contributed by atoms with Crippen molar-refractivity contribution in [2.45, 2.75) is 39.2 Å². The highest BCUT2D eigenvalue weighted by molar-refractivity contribution is 6.32. The Labute approximate surface area is 146 Å². The Morgan fingerprint density at radius 1 is 1.30 bits per heavy atom. The molecule has 0 saturated carbocycles. The van der Waals surface area contributed by atoms with Crippen molar-refractivity contribution in [2.75, 3.05) is 13.1 Å². The number of nitrogens with zero attached hydrogens (tertiary/aromatic N) is 3. The zero-order valence-electron chi connectivity index (χ0n) is 13.4. The number of hydrogen-bond donors (Lipinski definition) is 0. The van der Waals surface area contributed by atoms with Gasteiger partial charge in [0.15, 0.2) is 10.3 Å². The van der Waals surface area contributed by atoms with Crippen LogP contribution in [0.5, 0.6) is 0 Å². The summed E-state index contributed by atoms with van der Waals surface area (Å²) in [6.45, 7) is 6.86. The molecule has 124 valence electrons. The van der Waals surface area contributed by atoms with Gasteiger partial charge in [0.1, 0.15) is 5.60 Å². The van der Waals surface area contributed by atoms with Gasteiger partial charge in [-0.15, -0.1) is 10.2 Å². The van der Waals surface area contributed by atoms with Crippen molar-refractivity contribution in [3.63, 3.8) is 0 Å². The number of carbonyl (C=O) groups excluding carboxylic acids is 1. The Bertz CT molecular complexity index is 639. The Balaban J connectivity index is 1.92. The van der Waals surface area contributed by atoms with Crippen molar-refractivity contribution < 1.29 is 9.53 Å². The van der Waals surface area contributed by atoms with E-state index in [2.05, 4.69) is 22.0 Å². The first kappa shape index (κ1) is 17.8. The minimum absolute atomic E-state index is 0.205. The second kappa shape index (κ2) is 7.37. The van der Waals surface area contributed by atoms with Crippen molar-refractivity contribution in [2.24, 2.45) is 5.92 Å². The van der Waals surface area contributed by atoms with E-state index in [-0.39, 0.29) is 22.3 Å². The SMILES string of the molecule is CC(C)(C)OC(=O)N1CCC(C#Cc2cc(Cl)nnc2Cl)CC1. The van der Waals surface area contributed by atoms with E-state index in [1.165, 1.54) is 0 Å². The molecule has 2 rings (SSSR count). The van der Waals surface area contributed by atoms with E-state index in [9.17, 15) is 4.79 Å². The number of hydrogen-bond acceptors (Lipinski definition) is 4. The van der Waals surface area contributed by atoms with Crippen LogP contribution in [-0.2, 0) is 4.74 Å². The van der Waals surface area contributed by atoms with Crippen molar-refractivity contribution >= 4 is 29.3 Å². The molecule has 0 aliphatic carbocycles. The fraction of sp³-hybridized carbons (Fsp3) is 0.562. The van der Waals surface area contributed by atoms with Crippen LogP contribution in [0.2, 0.25) is 10.3 Å². The average molecular weight is 356 g/mol. The number of likely N-dealkylation sites (tertiary alicyclic amines) is 1. The van der Waals surface area contributed by atoms with Gasteiger partial charge in [-0.1, -0.05) is 35.0 Å². The predicted molar refractivity (Wildman–Crippen MR) is 89.5 cm³/mol. The number of carbonyl (C=O) groups is 1. The van der Waals surface area contributed by atoms with Crippen LogP contribution in [0, 0.1) is 17.8 Å². The maximum Gasteiger partial charge on any atom is 0.410 e. The van der Waals surface area contributed by atoms with Crippen molar-refractivity contribution in [3.05, 3.63) is 21.9 Å². The third kappa shape index (κ3) is 5.56. The van der Waals surface area contributed by atoms with Gasteiger partial charge in [0.2, 0.25) is 0 Å². The molecule has 1 aliphatic rings. The number of rotatable bonds is 0. The second-order valence-electron chi connectivity index (χ2n) is 6.38. The lowest BCUT2D eigenvalue weighted by atomic mass is 9.97. The Hall–Kier alpha value is -1.51. The van der Waals surface area contributed by atoms with Gasteiger partial charge in [-0.25, -0.2) is 4.79 Å². The average Bonchev–Trinajstić information content (AvgIpc) is 2.47. The fourth-order valence-electron chi connectivity index (χ4n) is 2.15. The number of amides is 1. The van der Waals surface area contributed by atoms with Gasteiger partial charge < -0.3 is 9.64 Å². The largest absolute Gasteiger partial charge is 0.444 e. The quantitative estimate of drug-likeness (QED) is 0.664. The molecule has 0 bridgehead atoms. The van der Waals surface area contributed by atoms with Crippen LogP contribution in [0.25, 0.3) is 0 Å². The summed E-state index contributed by atoms with van der Waals surface area (Å²) in [6.07, 6.45) is 1.34. The van der Waals surface area contributed by atoms with Crippen LogP contribution in [0.15, 0.2) is 6.07 Å². The first-order chi connectivity index (χ1) is 10.7. The predicted octanol–water partition coefficient (Wildman–Crippen LogP) is 3.78. The normalized spacial score (nSPS) is 15.8. The summed E-state index contributed by atoms with van der Waals surface area (Å²) >= 11 is 11.7. The molecule has 1 aliphatic heterocycles. The molecule has 0 aromatic carbocycles. The lowest BCUT2D eigenvalue weighted by molar-refractivity contribution is 0.0199. The van der Waals surface area contributed by atoms with E-state index >= 15 is 0 Å². The zero-order valence-corrected chi connectivity index (χ0v) is 14.9. The van der Waals surface area contributed by atoms with E-state index in [0.717, 1.165) is 12.8 Å². The van der Waals surface area contributed by atoms with Crippen molar-refractivity contribution in [1.29, 1.82) is 0 Å². The van der Waals surface area contributed by atoms with E-state index in [1.54, 1.807) is 11.0 Å². The van der Waals surface area contributed by atoms with Gasteiger partial charge >= 0.3 is 6.09 Å². The van der Waals surface area contributed by atoms with Crippen LogP contribution in [-0.4, -0.2) is 39.9 Å². The molecule has 1 aromatic rings. The molecular formula is C16H19Cl2N3O2. The van der Waals surface area contributed by atoms with E-state index < -0.39 is 5.60 Å². The molecule has 1 amide bonds. The number of halogens is 2. The van der Waals surface area contributed by atoms with Crippen molar-refractivity contribution in [3.8, 4) is 11.8 Å². The maximum atomic E-state index is 12.0. The highest BCUT2D eigenvalue weighted by Crippen LogP contribution is 2.20. The molecule has 0 atom stereocenters. The molecule has 1 aromatic heterocycles. The molecule has 0 radical (unpaired) electrons. The molecular weight excluding hydrogens is 337 g/mol. The smallest absolute Gasteiger partial charge is 0.410 e. The Morgan fingerprint density at radius 2 is 1.96 bits per heavy atom. The van der Waals surface area contributed by atoms with Crippen LogP contribution in [0.4, 0.5) is 4.79 Å². The lowest BCUT2D eigenvalue weighted by Crippen LogP contribution is -2.41. The fourth-order valence-corrected chi connectivity index (χ4v) is 2.44. The summed E-state index contributed by atoms with van der Waals surface area (Å²) in [4.78, 5) is 13.7. The molecule has 23 heavy (non-hydrogen) atoms. The van der Waals surface area contributed by atoms with Gasteiger partial charge in [0.05, 0.1) is 5.56 Å². The maximum absolute atomic E-state index is 12.0. The highest BCUT2D eigenvalue weighted by atomic mass is 35.5. The van der Waals surface area contributed by atoms with Crippen LogP contribution >= 0.6 is 23.2 Å². The molecule has 2 heterocycles. The number of aromatic nitrogens is 2. The minimum atomic E-state index is -0.474. The third-order valence-electron chi connectivity index (χ3n) is 3.28. The first-order valence-electron chi connectivity index (χ1n) is 7.43. The zero-order chi connectivity index (χ0) is 17.0. The minimum Gasteiger partial charge on any atom is -0.444 e. The van der Waals surface area contributed by atoms with Crippen LogP contribution in [0.3, 0.4) is 0 Å². The van der Waals surface area contributed by atoms with Crippen LogP contribution < -0.4 is 0 Å². The summed E-state index contributed by atoms with van der Waals surface area (Å²) in [7, 11) is 0. The Kier molecular flexibility index (Phi) is 5.72. The summed E-state index contributed by atoms with van der Waals surface area (Å²) in [5.41, 5.74) is 0.0965. The lowest BCUT2D eigenvalue weighted by Gasteiger charge is -2.31. The van der Waals surface area contributed by atoms with Crippen LogP contribution in [0.1, 0.15) is 39.2 Å². The van der Waals surface area contributed by atoms with E-state index in [0.29, 0.717) is 18.7 Å². The van der Waals surface area contributed by atoms with Crippen molar-refractivity contribution in [1.82, 2.24) is 15.1 Å². The molecule has 0 N–H and O–H groups in total. The number of ether oxygens (including phenoxy) is 1. The third-order valence-corrected chi connectivity index (χ3v) is 3.74. The number of piperidine rings is 1. The molecule has 1 fully saturated rings. The summed E-state index contributed by atoms with van der Waals surface area (Å²) in [5.74, 6) is 6.38. The molecule has 0 spiro atoms. The molecule has 0 unspecified atom stereocenters. The topological polar surface area (TPSA) is 55.3 Å². The first-order valence-corrected chi connectivity index (χ1v) is 8.18. The molecule has 5 nitrogen and oxygen atoms in total. The summed E-state index contributed by atoms with van der Waals surface area (Å²) < 4.78 is 5.37. The second-order valence-corrected chi connectivity index (χ2v) is 7.13. The summed E-state index contributed by atoms with van der Waals surface area (Å²) in [5, 5.41) is 7.88. The molecule has 1 saturated heterocycles. The standard InChI is InChI=1S/C16H19Cl2N3O2/c1-16(2,3)23-15(22)21-8-6-11(7-9-21)4-5-12-10-13(17)19-20-14(12)18/h10-11H,6-9H2,1-3H3. The van der Waals surface area contributed by atoms with Gasteiger partial charge in [-0.05, 0) is 39.7 Å². The van der Waals surface area contributed by atoms with E-state index in [1.807, 2.05) is 20.8 Å². The monoisotopic (exact) mass is 355 g/mol.